The van der Waals surface area contributed by atoms with Crippen LogP contribution in [0.4, 0.5) is 4.79 Å². The summed E-state index contributed by atoms with van der Waals surface area (Å²) in [6.45, 7) is 7.48. The van der Waals surface area contributed by atoms with Crippen LogP contribution < -0.4 is 5.32 Å². The average molecular weight is 357 g/mol. The Morgan fingerprint density at radius 2 is 1.92 bits per heavy atom. The number of benzene rings is 1. The monoisotopic (exact) mass is 357 g/mol. The van der Waals surface area contributed by atoms with E-state index in [0.717, 1.165) is 25.7 Å². The van der Waals surface area contributed by atoms with Crippen molar-refractivity contribution in [3.8, 4) is 0 Å². The van der Waals surface area contributed by atoms with Crippen LogP contribution in [0.1, 0.15) is 63.5 Å². The van der Waals surface area contributed by atoms with Crippen LogP contribution >= 0.6 is 0 Å². The largest absolute Gasteiger partial charge is 0.326 e. The highest BCUT2D eigenvalue weighted by molar-refractivity contribution is 6.07. The fourth-order valence-corrected chi connectivity index (χ4v) is 4.23. The van der Waals surface area contributed by atoms with E-state index in [1.165, 1.54) is 16.0 Å². The fraction of sp³-hybridized carbons (Fsp3) is 0.619. The Labute approximate surface area is 156 Å². The van der Waals surface area contributed by atoms with Crippen molar-refractivity contribution < 1.29 is 9.59 Å². The molecule has 3 amide bonds. The molecule has 5 nitrogen and oxygen atoms in total. The number of nitrogens with one attached hydrogen (secondary N) is 1. The number of carbonyl (C=O) groups excluding carboxylic acids is 2. The quantitative estimate of drug-likeness (QED) is 0.818. The van der Waals surface area contributed by atoms with Gasteiger partial charge in [-0.3, -0.25) is 9.69 Å². The number of amides is 3. The third kappa shape index (κ3) is 3.50. The van der Waals surface area contributed by atoms with Crippen LogP contribution in [0.25, 0.3) is 0 Å². The van der Waals surface area contributed by atoms with E-state index in [9.17, 15) is 9.59 Å². The molecule has 1 heterocycles. The summed E-state index contributed by atoms with van der Waals surface area (Å²) in [7, 11) is 1.95. The van der Waals surface area contributed by atoms with E-state index < -0.39 is 5.54 Å². The van der Waals surface area contributed by atoms with Crippen LogP contribution in [0.15, 0.2) is 24.3 Å². The molecule has 142 valence electrons. The highest BCUT2D eigenvalue weighted by Crippen LogP contribution is 2.38. The van der Waals surface area contributed by atoms with Crippen molar-refractivity contribution in [1.29, 1.82) is 0 Å². The van der Waals surface area contributed by atoms with Gasteiger partial charge in [0.05, 0.1) is 6.67 Å². The zero-order valence-corrected chi connectivity index (χ0v) is 16.4. The SMILES string of the molecule is CC(C)c1ccc(CN(C)CN2C(=O)N[C@]3(CCCC[C@H]3C)C2=O)cc1. The first kappa shape index (κ1) is 18.9. The Bertz CT molecular complexity index is 670. The number of nitrogens with zero attached hydrogens (tertiary/aromatic N) is 2. The van der Waals surface area contributed by atoms with Gasteiger partial charge >= 0.3 is 6.03 Å². The second kappa shape index (κ2) is 7.39. The molecule has 1 saturated heterocycles. The second-order valence-corrected chi connectivity index (χ2v) is 8.33. The first-order valence-corrected chi connectivity index (χ1v) is 9.75. The lowest BCUT2D eigenvalue weighted by Crippen LogP contribution is -2.54. The van der Waals surface area contributed by atoms with Crippen molar-refractivity contribution in [1.82, 2.24) is 15.1 Å². The molecule has 2 aliphatic rings. The minimum absolute atomic E-state index is 0.0447. The van der Waals surface area contributed by atoms with Crippen LogP contribution in [0.5, 0.6) is 0 Å². The van der Waals surface area contributed by atoms with E-state index in [4.69, 9.17) is 0 Å². The molecule has 1 aromatic carbocycles. The van der Waals surface area contributed by atoms with Gasteiger partial charge in [0, 0.05) is 6.54 Å². The number of carbonyl (C=O) groups is 2. The molecule has 1 aliphatic carbocycles. The lowest BCUT2D eigenvalue weighted by Gasteiger charge is -2.37. The number of urea groups is 1. The summed E-state index contributed by atoms with van der Waals surface area (Å²) in [5.74, 6) is 0.671. The van der Waals surface area contributed by atoms with Gasteiger partial charge in [-0.05, 0) is 42.9 Å². The maximum Gasteiger partial charge on any atom is 0.326 e. The molecule has 1 spiro atoms. The highest BCUT2D eigenvalue weighted by Gasteiger charge is 2.54. The van der Waals surface area contributed by atoms with E-state index in [2.05, 4.69) is 50.4 Å². The summed E-state index contributed by atoms with van der Waals surface area (Å²) in [6.07, 6.45) is 3.90. The molecule has 0 aromatic heterocycles. The van der Waals surface area contributed by atoms with Crippen LogP contribution in [0.3, 0.4) is 0 Å². The Kier molecular flexibility index (Phi) is 5.37. The minimum atomic E-state index is -0.672. The molecule has 5 heteroatoms. The molecule has 2 fully saturated rings. The van der Waals surface area contributed by atoms with Crippen LogP contribution in [-0.2, 0) is 11.3 Å². The van der Waals surface area contributed by atoms with Crippen LogP contribution in [0, 0.1) is 5.92 Å². The zero-order valence-electron chi connectivity index (χ0n) is 16.4. The molecular formula is C21H31N3O2. The fourth-order valence-electron chi connectivity index (χ4n) is 4.23. The molecule has 0 radical (unpaired) electrons. The minimum Gasteiger partial charge on any atom is -0.323 e. The highest BCUT2D eigenvalue weighted by atomic mass is 16.2. The van der Waals surface area contributed by atoms with Crippen molar-refractivity contribution in [2.45, 2.75) is 64.5 Å². The smallest absolute Gasteiger partial charge is 0.323 e. The Morgan fingerprint density at radius 1 is 1.23 bits per heavy atom. The number of imide groups is 1. The molecule has 1 N–H and O–H groups in total. The molecule has 1 aliphatic heterocycles. The van der Waals surface area contributed by atoms with Gasteiger partial charge in [0.25, 0.3) is 5.91 Å². The standard InChI is InChI=1S/C21H31N3O2/c1-15(2)18-10-8-17(9-11-18)13-23(4)14-24-19(25)21(22-20(24)26)12-6-5-7-16(21)3/h8-11,15-16H,5-7,12-14H2,1-4H3,(H,22,26)/t16-,21+/m1/s1. The normalized spacial score (nSPS) is 26.2. The van der Waals surface area contributed by atoms with Gasteiger partial charge in [0.2, 0.25) is 0 Å². The Hall–Kier alpha value is -1.88. The predicted molar refractivity (Wildman–Crippen MR) is 103 cm³/mol. The van der Waals surface area contributed by atoms with Crippen molar-refractivity contribution in [3.63, 3.8) is 0 Å². The van der Waals surface area contributed by atoms with E-state index >= 15 is 0 Å². The Balaban J connectivity index is 1.64. The van der Waals surface area contributed by atoms with Gasteiger partial charge in [0.15, 0.2) is 0 Å². The third-order valence-corrected chi connectivity index (χ3v) is 5.98. The lowest BCUT2D eigenvalue weighted by atomic mass is 9.73. The zero-order chi connectivity index (χ0) is 18.9. The lowest BCUT2D eigenvalue weighted by molar-refractivity contribution is -0.135. The number of hydrogen-bond acceptors (Lipinski definition) is 3. The molecule has 0 bridgehead atoms. The second-order valence-electron chi connectivity index (χ2n) is 8.33. The van der Waals surface area contributed by atoms with Crippen molar-refractivity contribution >= 4 is 11.9 Å². The maximum atomic E-state index is 13.0. The van der Waals surface area contributed by atoms with Gasteiger partial charge in [-0.2, -0.15) is 0 Å². The number of rotatable bonds is 5. The summed E-state index contributed by atoms with van der Waals surface area (Å²) in [5, 5.41) is 3.02. The summed E-state index contributed by atoms with van der Waals surface area (Å²) in [6, 6.07) is 8.32. The van der Waals surface area contributed by atoms with E-state index in [1.807, 2.05) is 11.9 Å². The molecule has 26 heavy (non-hydrogen) atoms. The number of hydrogen-bond donors (Lipinski definition) is 1. The van der Waals surface area contributed by atoms with E-state index in [0.29, 0.717) is 19.1 Å². The van der Waals surface area contributed by atoms with Gasteiger partial charge in [0.1, 0.15) is 5.54 Å². The summed E-state index contributed by atoms with van der Waals surface area (Å²) in [5.41, 5.74) is 1.83. The third-order valence-electron chi connectivity index (χ3n) is 5.98. The molecule has 2 atom stereocenters. The van der Waals surface area contributed by atoms with Crippen molar-refractivity contribution in [2.75, 3.05) is 13.7 Å². The van der Waals surface area contributed by atoms with Gasteiger partial charge in [-0.25, -0.2) is 9.69 Å². The summed E-state index contributed by atoms with van der Waals surface area (Å²) >= 11 is 0. The topological polar surface area (TPSA) is 52.6 Å². The van der Waals surface area contributed by atoms with Gasteiger partial charge in [-0.15, -0.1) is 0 Å². The van der Waals surface area contributed by atoms with Crippen LogP contribution in [0.2, 0.25) is 0 Å². The Morgan fingerprint density at radius 3 is 2.54 bits per heavy atom. The molecule has 1 aromatic rings. The van der Waals surface area contributed by atoms with Gasteiger partial charge in [-0.1, -0.05) is 57.9 Å². The first-order valence-electron chi connectivity index (χ1n) is 9.75. The molecular weight excluding hydrogens is 326 g/mol. The maximum absolute atomic E-state index is 13.0. The van der Waals surface area contributed by atoms with Crippen LogP contribution in [-0.4, -0.2) is 41.0 Å². The summed E-state index contributed by atoms with van der Waals surface area (Å²) in [4.78, 5) is 28.9. The van der Waals surface area contributed by atoms with Gasteiger partial charge < -0.3 is 5.32 Å². The molecule has 3 rings (SSSR count). The molecule has 0 unspecified atom stereocenters. The van der Waals surface area contributed by atoms with Crippen molar-refractivity contribution in [2.24, 2.45) is 5.92 Å². The summed E-state index contributed by atoms with van der Waals surface area (Å²) < 4.78 is 0. The molecule has 1 saturated carbocycles. The average Bonchev–Trinajstić information content (AvgIpc) is 2.83. The first-order chi connectivity index (χ1) is 12.3. The van der Waals surface area contributed by atoms with E-state index in [1.54, 1.807) is 0 Å². The van der Waals surface area contributed by atoms with E-state index in [-0.39, 0.29) is 17.9 Å². The van der Waals surface area contributed by atoms with Crippen molar-refractivity contribution in [3.05, 3.63) is 35.4 Å². The predicted octanol–water partition coefficient (Wildman–Crippen LogP) is 3.70.